The quantitative estimate of drug-likeness (QED) is 0.307. The van der Waals surface area contributed by atoms with Gasteiger partial charge >= 0.3 is 41.7 Å². The normalized spacial score (nSPS) is 16.2. The second kappa shape index (κ2) is 7.90. The molecule has 4 N–H and O–H groups in total. The zero-order valence-corrected chi connectivity index (χ0v) is 15.7. The Morgan fingerprint density at radius 1 is 0.533 bits per heavy atom. The maximum Gasteiger partial charge on any atom is 0.460 e. The van der Waals surface area contributed by atoms with Crippen LogP contribution in [0.2, 0.25) is 12.1 Å². The summed E-state index contributed by atoms with van der Waals surface area (Å²) in [6.07, 6.45) is -9.96. The van der Waals surface area contributed by atoms with Crippen LogP contribution in [0.15, 0.2) is 0 Å². The lowest BCUT2D eigenvalue weighted by Gasteiger charge is -2.41. The molecule has 0 amide bonds. The molecule has 0 radical (unpaired) electrons. The average Bonchev–Trinajstić information content (AvgIpc) is 2.51. The summed E-state index contributed by atoms with van der Waals surface area (Å²) < 4.78 is 195. The van der Waals surface area contributed by atoms with Gasteiger partial charge in [-0.3, -0.25) is 0 Å². The van der Waals surface area contributed by atoms with Crippen LogP contribution in [-0.4, -0.2) is 50.1 Å². The van der Waals surface area contributed by atoms with Gasteiger partial charge in [0.25, 0.3) is 0 Å². The van der Waals surface area contributed by atoms with E-state index in [2.05, 4.69) is 0 Å². The van der Waals surface area contributed by atoms with Crippen LogP contribution in [-0.2, 0) is 0 Å². The minimum atomic E-state index is -8.27. The molecule has 18 heteroatoms. The van der Waals surface area contributed by atoms with Crippen LogP contribution in [0, 0.1) is 0 Å². The number of halogens is 15. The predicted octanol–water partition coefficient (Wildman–Crippen LogP) is 5.52. The van der Waals surface area contributed by atoms with Crippen LogP contribution in [0.25, 0.3) is 0 Å². The van der Waals surface area contributed by atoms with Crippen LogP contribution < -0.4 is 10.8 Å². The van der Waals surface area contributed by atoms with Crippen molar-refractivity contribution < 1.29 is 65.9 Å². The van der Waals surface area contributed by atoms with E-state index in [1.165, 1.54) is 6.92 Å². The minimum absolute atomic E-state index is 0.105. The van der Waals surface area contributed by atoms with Crippen molar-refractivity contribution in [1.82, 2.24) is 0 Å². The Morgan fingerprint density at radius 2 is 0.867 bits per heavy atom. The molecule has 0 spiro atoms. The molecule has 0 aromatic heterocycles. The number of rotatable bonds is 10. The van der Waals surface area contributed by atoms with Crippen molar-refractivity contribution in [3.8, 4) is 0 Å². The van der Waals surface area contributed by atoms with E-state index in [1.807, 2.05) is 0 Å². The Morgan fingerprint density at radius 3 is 1.20 bits per heavy atom. The Hall–Kier alpha value is -0.913. The molecule has 0 aliphatic carbocycles. The Labute approximate surface area is 159 Å². The van der Waals surface area contributed by atoms with Gasteiger partial charge in [0.15, 0.2) is 8.40 Å². The molecule has 0 aromatic carbocycles. The standard InChI is InChI=1S/C12H15F15N2Si/c1-2-4-30(28,29)5-3-6(13,14)7(15,16)8(17,18)9(19,20)10(21,22)11(23,24)12(25,26)27/h2-5,28-29H2,1H3. The van der Waals surface area contributed by atoms with E-state index in [4.69, 9.17) is 10.8 Å². The summed E-state index contributed by atoms with van der Waals surface area (Å²) in [7, 11) is -3.75. The summed E-state index contributed by atoms with van der Waals surface area (Å²) in [6.45, 7) is 1.39. The summed E-state index contributed by atoms with van der Waals surface area (Å²) in [6, 6.07) is -1.56. The molecule has 30 heavy (non-hydrogen) atoms. The monoisotopic (exact) mass is 500 g/mol. The average molecular weight is 500 g/mol. The lowest BCUT2D eigenvalue weighted by Crippen LogP contribution is -2.72. The van der Waals surface area contributed by atoms with E-state index in [1.54, 1.807) is 0 Å². The van der Waals surface area contributed by atoms with Gasteiger partial charge in [-0.15, -0.1) is 0 Å². The largest absolute Gasteiger partial charge is 0.460 e. The highest BCUT2D eigenvalue weighted by Crippen LogP contribution is 2.62. The SMILES string of the molecule is CCC[Si](N)(N)CCC(F)(F)C(F)(F)C(F)(F)C(F)(F)C(F)(F)C(F)(F)C(F)(F)F. The van der Waals surface area contributed by atoms with Crippen molar-refractivity contribution in [2.75, 3.05) is 0 Å². The van der Waals surface area contributed by atoms with E-state index in [0.29, 0.717) is 0 Å². The maximum absolute atomic E-state index is 13.6. The molecule has 0 bridgehead atoms. The van der Waals surface area contributed by atoms with Crippen molar-refractivity contribution in [3.63, 3.8) is 0 Å². The topological polar surface area (TPSA) is 52.0 Å². The van der Waals surface area contributed by atoms with Crippen molar-refractivity contribution in [2.24, 2.45) is 10.8 Å². The first-order chi connectivity index (χ1) is 12.8. The van der Waals surface area contributed by atoms with Gasteiger partial charge in [-0.05, 0) is 12.1 Å². The van der Waals surface area contributed by atoms with Gasteiger partial charge < -0.3 is 10.8 Å². The van der Waals surface area contributed by atoms with Crippen LogP contribution in [0.3, 0.4) is 0 Å². The fourth-order valence-electron chi connectivity index (χ4n) is 2.14. The van der Waals surface area contributed by atoms with Gasteiger partial charge in [-0.2, -0.15) is 65.9 Å². The van der Waals surface area contributed by atoms with Gasteiger partial charge in [-0.25, -0.2) is 0 Å². The third-order valence-electron chi connectivity index (χ3n) is 4.01. The smallest absolute Gasteiger partial charge is 0.339 e. The van der Waals surface area contributed by atoms with Crippen LogP contribution in [0.5, 0.6) is 0 Å². The molecule has 0 fully saturated rings. The molecule has 182 valence electrons. The molecule has 0 aliphatic rings. The van der Waals surface area contributed by atoms with Gasteiger partial charge in [0.1, 0.15) is 0 Å². The van der Waals surface area contributed by atoms with E-state index in [0.717, 1.165) is 0 Å². The van der Waals surface area contributed by atoms with Crippen LogP contribution in [0.1, 0.15) is 19.8 Å². The highest BCUT2D eigenvalue weighted by Gasteiger charge is 2.93. The van der Waals surface area contributed by atoms with Gasteiger partial charge in [-0.1, -0.05) is 13.3 Å². The second-order valence-electron chi connectivity index (χ2n) is 6.56. The lowest BCUT2D eigenvalue weighted by atomic mass is 9.90. The summed E-state index contributed by atoms with van der Waals surface area (Å²) in [5.74, 6) is -46.3. The highest BCUT2D eigenvalue weighted by molar-refractivity contribution is 6.73. The maximum atomic E-state index is 13.6. The summed E-state index contributed by atoms with van der Waals surface area (Å²) >= 11 is 0. The number of alkyl halides is 15. The number of hydrogen-bond donors (Lipinski definition) is 2. The van der Waals surface area contributed by atoms with Crippen LogP contribution in [0.4, 0.5) is 65.9 Å². The second-order valence-corrected chi connectivity index (χ2v) is 10.0. The number of hydrogen-bond acceptors (Lipinski definition) is 2. The van der Waals surface area contributed by atoms with E-state index >= 15 is 0 Å². The molecule has 0 unspecified atom stereocenters. The highest BCUT2D eigenvalue weighted by atomic mass is 28.3. The van der Waals surface area contributed by atoms with E-state index in [9.17, 15) is 65.9 Å². The molecule has 0 saturated carbocycles. The predicted molar refractivity (Wildman–Crippen MR) is 74.4 cm³/mol. The summed E-state index contributed by atoms with van der Waals surface area (Å²) in [5, 5.41) is 10.6. The Kier molecular flexibility index (Phi) is 7.66. The van der Waals surface area contributed by atoms with E-state index in [-0.39, 0.29) is 12.5 Å². The first-order valence-corrected chi connectivity index (χ1v) is 10.2. The molecule has 0 atom stereocenters. The number of nitrogens with two attached hydrogens (primary N) is 2. The van der Waals surface area contributed by atoms with Crippen LogP contribution >= 0.6 is 0 Å². The van der Waals surface area contributed by atoms with Gasteiger partial charge in [0.05, 0.1) is 0 Å². The molecular formula is C12H15F15N2Si. The lowest BCUT2D eigenvalue weighted by molar-refractivity contribution is -0.452. The third-order valence-corrected chi connectivity index (χ3v) is 6.62. The molecule has 0 aliphatic heterocycles. The molecule has 0 rings (SSSR count). The summed E-state index contributed by atoms with van der Waals surface area (Å²) in [4.78, 5) is 0. The first kappa shape index (κ1) is 29.1. The molecular weight excluding hydrogens is 485 g/mol. The zero-order chi connectivity index (χ0) is 24.8. The van der Waals surface area contributed by atoms with E-state index < -0.39 is 62.6 Å². The van der Waals surface area contributed by atoms with Crippen molar-refractivity contribution >= 4 is 8.40 Å². The minimum Gasteiger partial charge on any atom is -0.339 e. The first-order valence-electron chi connectivity index (χ1n) is 7.68. The zero-order valence-electron chi connectivity index (χ0n) is 14.7. The van der Waals surface area contributed by atoms with Crippen molar-refractivity contribution in [2.45, 2.75) is 73.6 Å². The summed E-state index contributed by atoms with van der Waals surface area (Å²) in [5.41, 5.74) is 0. The van der Waals surface area contributed by atoms with Gasteiger partial charge in [0.2, 0.25) is 0 Å². The van der Waals surface area contributed by atoms with Crippen molar-refractivity contribution in [1.29, 1.82) is 0 Å². The fourth-order valence-corrected chi connectivity index (χ4v) is 4.10. The molecule has 0 aromatic rings. The molecule has 2 nitrogen and oxygen atoms in total. The molecule has 0 saturated heterocycles. The Balaban J connectivity index is 6.23. The van der Waals surface area contributed by atoms with Gasteiger partial charge in [0, 0.05) is 6.42 Å². The van der Waals surface area contributed by atoms with Crippen molar-refractivity contribution in [3.05, 3.63) is 0 Å². The third kappa shape index (κ3) is 4.49. The Bertz CT molecular complexity index is 599. The molecule has 0 heterocycles. The fraction of sp³-hybridized carbons (Fsp3) is 1.00.